The Labute approximate surface area is 284 Å². The molecule has 0 aromatic heterocycles. The Morgan fingerprint density at radius 1 is 0.304 bits per heavy atom. The van der Waals surface area contributed by atoms with Crippen LogP contribution in [0.3, 0.4) is 0 Å². The molecule has 0 radical (unpaired) electrons. The van der Waals surface area contributed by atoms with E-state index < -0.39 is 0 Å². The molecule has 0 spiro atoms. The van der Waals surface area contributed by atoms with Crippen LogP contribution in [0.4, 0.5) is 0 Å². The van der Waals surface area contributed by atoms with Crippen LogP contribution in [0, 0.1) is 0 Å². The molecule has 0 aliphatic carbocycles. The average Bonchev–Trinajstić information content (AvgIpc) is 3.12. The van der Waals surface area contributed by atoms with E-state index in [1.807, 2.05) is 0 Å². The summed E-state index contributed by atoms with van der Waals surface area (Å²) < 4.78 is 2.22. The third-order valence-corrected chi connectivity index (χ3v) is 10.8. The smallest absolute Gasteiger partial charge is 0.0345 e. The van der Waals surface area contributed by atoms with Crippen LogP contribution in [0.15, 0.2) is 167 Å². The maximum Gasteiger partial charge on any atom is 0.0345 e. The highest BCUT2D eigenvalue weighted by molar-refractivity contribution is 9.11. The monoisotopic (exact) mass is 712 g/mol. The number of hydrogen-bond acceptors (Lipinski definition) is 0. The Morgan fingerprint density at radius 3 is 1.43 bits per heavy atom. The Balaban J connectivity index is 1.66. The summed E-state index contributed by atoms with van der Waals surface area (Å²) in [6.07, 6.45) is 0. The number of halogens is 2. The summed E-state index contributed by atoms with van der Waals surface area (Å²) in [5.41, 5.74) is 9.71. The standard InChI is InChI=1S/C44H26Br2/c45-36-25-24-31-35-26-34(27-14-5-1-6-15-27)37(28-16-7-2-8-17-28)43-42(35)41(33-23-13-22-32(36)40(31)33)38(29-18-9-3-10-19-29)39(44(43)46)30-20-11-4-12-21-30/h1-26H. The molecular formula is C44H26Br2. The van der Waals surface area contributed by atoms with Crippen molar-refractivity contribution >= 4 is 74.9 Å². The second-order valence-corrected chi connectivity index (χ2v) is 13.5. The zero-order valence-corrected chi connectivity index (χ0v) is 27.9. The highest BCUT2D eigenvalue weighted by Gasteiger charge is 2.27. The van der Waals surface area contributed by atoms with Gasteiger partial charge in [-0.25, -0.2) is 0 Å². The van der Waals surface area contributed by atoms with Crippen molar-refractivity contribution in [2.45, 2.75) is 0 Å². The first-order valence-electron chi connectivity index (χ1n) is 15.5. The summed E-state index contributed by atoms with van der Waals surface area (Å²) >= 11 is 8.23. The lowest BCUT2D eigenvalue weighted by molar-refractivity contribution is 1.59. The first-order chi connectivity index (χ1) is 22.7. The predicted molar refractivity (Wildman–Crippen MR) is 205 cm³/mol. The fourth-order valence-electron chi connectivity index (χ4n) is 7.45. The minimum atomic E-state index is 1.11. The fraction of sp³-hybridized carbons (Fsp3) is 0. The maximum absolute atomic E-state index is 4.32. The molecule has 0 unspecified atom stereocenters. The average molecular weight is 714 g/mol. The Morgan fingerprint density at radius 2 is 0.826 bits per heavy atom. The van der Waals surface area contributed by atoms with Crippen LogP contribution in [0.5, 0.6) is 0 Å². The molecule has 9 aromatic carbocycles. The van der Waals surface area contributed by atoms with Crippen LogP contribution >= 0.6 is 31.9 Å². The summed E-state index contributed by atoms with van der Waals surface area (Å²) in [6, 6.07) is 57.2. The van der Waals surface area contributed by atoms with Gasteiger partial charge in [-0.15, -0.1) is 0 Å². The van der Waals surface area contributed by atoms with Gasteiger partial charge in [0.1, 0.15) is 0 Å². The zero-order valence-electron chi connectivity index (χ0n) is 24.8. The van der Waals surface area contributed by atoms with E-state index in [1.54, 1.807) is 0 Å². The van der Waals surface area contributed by atoms with Crippen molar-refractivity contribution in [3.05, 3.63) is 167 Å². The van der Waals surface area contributed by atoms with Gasteiger partial charge in [0.25, 0.3) is 0 Å². The normalized spacial score (nSPS) is 11.7. The number of fused-ring (bicyclic) bond motifs is 2. The summed E-state index contributed by atoms with van der Waals surface area (Å²) in [4.78, 5) is 0. The van der Waals surface area contributed by atoms with Gasteiger partial charge < -0.3 is 0 Å². The molecule has 2 heteroatoms. The molecule has 9 rings (SSSR count). The predicted octanol–water partition coefficient (Wildman–Crippen LogP) is 13.9. The molecule has 0 saturated carbocycles. The van der Waals surface area contributed by atoms with Crippen molar-refractivity contribution in [1.82, 2.24) is 0 Å². The number of benzene rings is 9. The van der Waals surface area contributed by atoms with E-state index in [0.29, 0.717) is 0 Å². The lowest BCUT2D eigenvalue weighted by Gasteiger charge is -2.26. The van der Waals surface area contributed by atoms with Gasteiger partial charge in [-0.3, -0.25) is 0 Å². The van der Waals surface area contributed by atoms with Gasteiger partial charge in [-0.2, -0.15) is 0 Å². The first kappa shape index (κ1) is 27.5. The van der Waals surface area contributed by atoms with E-state index >= 15 is 0 Å². The van der Waals surface area contributed by atoms with Crippen molar-refractivity contribution in [3.63, 3.8) is 0 Å². The van der Waals surface area contributed by atoms with Crippen LogP contribution in [0.2, 0.25) is 0 Å². The van der Waals surface area contributed by atoms with Gasteiger partial charge in [0.15, 0.2) is 0 Å². The van der Waals surface area contributed by atoms with E-state index in [9.17, 15) is 0 Å². The van der Waals surface area contributed by atoms with Crippen LogP contribution in [-0.4, -0.2) is 0 Å². The molecule has 0 fully saturated rings. The second-order valence-electron chi connectivity index (χ2n) is 11.8. The molecule has 0 atom stereocenters. The van der Waals surface area contributed by atoms with E-state index in [4.69, 9.17) is 0 Å². The lowest BCUT2D eigenvalue weighted by Crippen LogP contribution is -1.98. The lowest BCUT2D eigenvalue weighted by atomic mass is 9.78. The molecule has 0 bridgehead atoms. The van der Waals surface area contributed by atoms with Crippen molar-refractivity contribution < 1.29 is 0 Å². The number of rotatable bonds is 4. The number of hydrogen-bond donors (Lipinski definition) is 0. The Kier molecular flexibility index (Phi) is 6.55. The van der Waals surface area contributed by atoms with E-state index in [0.717, 1.165) is 8.95 Å². The third kappa shape index (κ3) is 4.10. The summed E-state index contributed by atoms with van der Waals surface area (Å²) in [5, 5.41) is 10.1. The zero-order chi connectivity index (χ0) is 30.8. The maximum atomic E-state index is 4.32. The summed E-state index contributed by atoms with van der Waals surface area (Å²) in [5.74, 6) is 0. The van der Waals surface area contributed by atoms with Crippen LogP contribution in [0.25, 0.3) is 87.6 Å². The van der Waals surface area contributed by atoms with Gasteiger partial charge in [-0.1, -0.05) is 162 Å². The minimum absolute atomic E-state index is 1.11. The molecule has 0 nitrogen and oxygen atoms in total. The topological polar surface area (TPSA) is 0 Å². The molecular weight excluding hydrogens is 688 g/mol. The first-order valence-corrected chi connectivity index (χ1v) is 17.1. The van der Waals surface area contributed by atoms with Crippen molar-refractivity contribution in [2.75, 3.05) is 0 Å². The molecule has 0 heterocycles. The van der Waals surface area contributed by atoms with Crippen molar-refractivity contribution in [2.24, 2.45) is 0 Å². The minimum Gasteiger partial charge on any atom is -0.0622 e. The molecule has 0 aliphatic heterocycles. The fourth-order valence-corrected chi connectivity index (χ4v) is 8.74. The molecule has 0 amide bonds. The molecule has 9 aromatic rings. The van der Waals surface area contributed by atoms with Gasteiger partial charge in [0, 0.05) is 19.9 Å². The van der Waals surface area contributed by atoms with Crippen LogP contribution in [0.1, 0.15) is 0 Å². The molecule has 216 valence electrons. The Hall–Kier alpha value is -4.76. The van der Waals surface area contributed by atoms with Gasteiger partial charge >= 0.3 is 0 Å². The second kappa shape index (κ2) is 10.9. The van der Waals surface area contributed by atoms with Gasteiger partial charge in [-0.05, 0) is 105 Å². The Bertz CT molecular complexity index is 2560. The van der Waals surface area contributed by atoms with Crippen LogP contribution < -0.4 is 0 Å². The SMILES string of the molecule is Brc1ccc2c3cc(-c4ccccc4)c(-c4ccccc4)c4c(Br)c(-c5ccccc5)c(-c5ccccc5)c(c5cccc1c25)c43. The van der Waals surface area contributed by atoms with E-state index in [2.05, 4.69) is 190 Å². The molecule has 0 saturated heterocycles. The summed E-state index contributed by atoms with van der Waals surface area (Å²) in [7, 11) is 0. The van der Waals surface area contributed by atoms with Gasteiger partial charge in [0.05, 0.1) is 0 Å². The third-order valence-electron chi connectivity index (χ3n) is 9.34. The van der Waals surface area contributed by atoms with E-state index in [-0.39, 0.29) is 0 Å². The highest BCUT2D eigenvalue weighted by Crippen LogP contribution is 2.55. The molecule has 46 heavy (non-hydrogen) atoms. The summed E-state index contributed by atoms with van der Waals surface area (Å²) in [6.45, 7) is 0. The van der Waals surface area contributed by atoms with Crippen LogP contribution in [-0.2, 0) is 0 Å². The highest BCUT2D eigenvalue weighted by atomic mass is 79.9. The largest absolute Gasteiger partial charge is 0.0622 e. The van der Waals surface area contributed by atoms with Crippen molar-refractivity contribution in [1.29, 1.82) is 0 Å². The van der Waals surface area contributed by atoms with Crippen molar-refractivity contribution in [3.8, 4) is 44.5 Å². The molecule has 0 aliphatic rings. The van der Waals surface area contributed by atoms with E-state index in [1.165, 1.54) is 87.6 Å². The quantitative estimate of drug-likeness (QED) is 0.126. The molecule has 0 N–H and O–H groups in total. The van der Waals surface area contributed by atoms with Gasteiger partial charge in [0.2, 0.25) is 0 Å².